The molecule has 0 aliphatic carbocycles. The van der Waals surface area contributed by atoms with Gasteiger partial charge in [0, 0.05) is 39.2 Å². The first-order valence-electron chi connectivity index (χ1n) is 6.40. The van der Waals surface area contributed by atoms with Crippen molar-refractivity contribution in [1.29, 1.82) is 0 Å². The highest BCUT2D eigenvalue weighted by Crippen LogP contribution is 2.12. The fourth-order valence-corrected chi connectivity index (χ4v) is 1.50. The lowest BCUT2D eigenvalue weighted by Crippen LogP contribution is -2.23. The molecule has 1 N–H and O–H groups in total. The van der Waals surface area contributed by atoms with Gasteiger partial charge in [-0.2, -0.15) is 0 Å². The van der Waals surface area contributed by atoms with E-state index in [4.69, 9.17) is 0 Å². The number of ketones is 1. The first-order valence-corrected chi connectivity index (χ1v) is 6.40. The molecular weight excluding hydrogens is 242 g/mol. The number of Topliss-reactive ketones (excluding diaryl/α,β-unsaturated/α-hetero) is 1. The summed E-state index contributed by atoms with van der Waals surface area (Å²) in [5, 5.41) is 3.25. The maximum atomic E-state index is 11.0. The normalized spacial score (nSPS) is 10.6. The SMILES string of the molecule is CC(=O)CCN(C)c1cc(NCCN(C)C)ncn1. The minimum absolute atomic E-state index is 0.185. The summed E-state index contributed by atoms with van der Waals surface area (Å²) in [6.07, 6.45) is 2.07. The molecule has 0 fully saturated rings. The van der Waals surface area contributed by atoms with Crippen LogP contribution in [-0.4, -0.2) is 61.4 Å². The molecule has 1 aromatic rings. The van der Waals surface area contributed by atoms with Gasteiger partial charge in [0.05, 0.1) is 0 Å². The second-order valence-electron chi connectivity index (χ2n) is 4.87. The van der Waals surface area contributed by atoms with Crippen LogP contribution in [0, 0.1) is 0 Å². The molecule has 1 aromatic heterocycles. The zero-order valence-electron chi connectivity index (χ0n) is 12.2. The number of hydrogen-bond donors (Lipinski definition) is 1. The Morgan fingerprint density at radius 2 is 2.00 bits per heavy atom. The van der Waals surface area contributed by atoms with Crippen LogP contribution in [0.2, 0.25) is 0 Å². The van der Waals surface area contributed by atoms with Crippen LogP contribution in [0.4, 0.5) is 11.6 Å². The van der Waals surface area contributed by atoms with Crippen molar-refractivity contribution in [2.24, 2.45) is 0 Å². The molecule has 0 saturated carbocycles. The number of carbonyl (C=O) groups excluding carboxylic acids is 1. The molecule has 0 bridgehead atoms. The minimum Gasteiger partial charge on any atom is -0.369 e. The Morgan fingerprint density at radius 1 is 1.26 bits per heavy atom. The van der Waals surface area contributed by atoms with E-state index in [0.717, 1.165) is 24.7 Å². The molecular formula is C13H23N5O. The first-order chi connectivity index (χ1) is 8.99. The summed E-state index contributed by atoms with van der Waals surface area (Å²) in [7, 11) is 5.99. The van der Waals surface area contributed by atoms with E-state index in [-0.39, 0.29) is 5.78 Å². The van der Waals surface area contributed by atoms with Crippen LogP contribution >= 0.6 is 0 Å². The van der Waals surface area contributed by atoms with Crippen molar-refractivity contribution in [3.05, 3.63) is 12.4 Å². The molecule has 0 saturated heterocycles. The number of nitrogens with one attached hydrogen (secondary N) is 1. The molecule has 0 spiro atoms. The lowest BCUT2D eigenvalue weighted by Gasteiger charge is -2.18. The number of nitrogens with zero attached hydrogens (tertiary/aromatic N) is 4. The lowest BCUT2D eigenvalue weighted by atomic mass is 10.3. The molecule has 1 rings (SSSR count). The Morgan fingerprint density at radius 3 is 2.63 bits per heavy atom. The molecule has 0 amide bonds. The summed E-state index contributed by atoms with van der Waals surface area (Å²) < 4.78 is 0. The standard InChI is InChI=1S/C13H23N5O/c1-11(19)5-7-18(4)13-9-12(15-10-16-13)14-6-8-17(2)3/h9-10H,5-8H2,1-4H3,(H,14,15,16). The largest absolute Gasteiger partial charge is 0.369 e. The van der Waals surface area contributed by atoms with Gasteiger partial charge >= 0.3 is 0 Å². The monoisotopic (exact) mass is 265 g/mol. The summed E-state index contributed by atoms with van der Waals surface area (Å²) in [5.41, 5.74) is 0. The molecule has 0 aliphatic rings. The van der Waals surface area contributed by atoms with Crippen molar-refractivity contribution < 1.29 is 4.79 Å². The lowest BCUT2D eigenvalue weighted by molar-refractivity contribution is -0.116. The predicted octanol–water partition coefficient (Wildman–Crippen LogP) is 0.865. The van der Waals surface area contributed by atoms with Crippen molar-refractivity contribution in [2.75, 3.05) is 51.0 Å². The fraction of sp³-hybridized carbons (Fsp3) is 0.615. The molecule has 0 unspecified atom stereocenters. The Bertz CT molecular complexity index is 408. The number of aromatic nitrogens is 2. The van der Waals surface area contributed by atoms with E-state index in [0.29, 0.717) is 13.0 Å². The topological polar surface area (TPSA) is 61.4 Å². The van der Waals surface area contributed by atoms with Crippen molar-refractivity contribution in [3.8, 4) is 0 Å². The van der Waals surface area contributed by atoms with Gasteiger partial charge < -0.3 is 15.1 Å². The van der Waals surface area contributed by atoms with Gasteiger partial charge in [-0.1, -0.05) is 0 Å². The van der Waals surface area contributed by atoms with Crippen LogP contribution in [0.5, 0.6) is 0 Å². The smallest absolute Gasteiger partial charge is 0.133 e. The van der Waals surface area contributed by atoms with E-state index in [1.807, 2.05) is 32.1 Å². The highest BCUT2D eigenvalue weighted by Gasteiger charge is 2.05. The summed E-state index contributed by atoms with van der Waals surface area (Å²) >= 11 is 0. The summed E-state index contributed by atoms with van der Waals surface area (Å²) in [6.45, 7) is 4.05. The third-order valence-corrected chi connectivity index (χ3v) is 2.71. The number of rotatable bonds is 8. The van der Waals surface area contributed by atoms with Crippen LogP contribution in [0.1, 0.15) is 13.3 Å². The Kier molecular flexibility index (Phi) is 6.21. The molecule has 106 valence electrons. The molecule has 19 heavy (non-hydrogen) atoms. The Labute approximate surface area is 114 Å². The Balaban J connectivity index is 2.53. The molecule has 0 aromatic carbocycles. The number of likely N-dealkylation sites (N-methyl/N-ethyl adjacent to an activating group) is 1. The summed E-state index contributed by atoms with van der Waals surface area (Å²) in [4.78, 5) is 23.4. The second kappa shape index (κ2) is 7.68. The fourth-order valence-electron chi connectivity index (χ4n) is 1.50. The van der Waals surface area contributed by atoms with Crippen LogP contribution in [0.15, 0.2) is 12.4 Å². The predicted molar refractivity (Wildman–Crippen MR) is 77.6 cm³/mol. The van der Waals surface area contributed by atoms with Crippen molar-refractivity contribution in [1.82, 2.24) is 14.9 Å². The van der Waals surface area contributed by atoms with Crippen molar-refractivity contribution in [3.63, 3.8) is 0 Å². The Hall–Kier alpha value is -1.69. The van der Waals surface area contributed by atoms with Gasteiger partial charge in [-0.05, 0) is 21.0 Å². The second-order valence-corrected chi connectivity index (χ2v) is 4.87. The van der Waals surface area contributed by atoms with Crippen molar-refractivity contribution in [2.45, 2.75) is 13.3 Å². The zero-order chi connectivity index (χ0) is 14.3. The van der Waals surface area contributed by atoms with Gasteiger partial charge in [-0.15, -0.1) is 0 Å². The maximum Gasteiger partial charge on any atom is 0.133 e. The van der Waals surface area contributed by atoms with Gasteiger partial charge in [0.1, 0.15) is 23.7 Å². The van der Waals surface area contributed by atoms with Crippen molar-refractivity contribution >= 4 is 17.4 Å². The third kappa shape index (κ3) is 6.15. The van der Waals surface area contributed by atoms with Crippen LogP contribution in [0.25, 0.3) is 0 Å². The summed E-state index contributed by atoms with van der Waals surface area (Å²) in [5.74, 6) is 1.82. The van der Waals surface area contributed by atoms with E-state index in [2.05, 4.69) is 20.2 Å². The minimum atomic E-state index is 0.185. The molecule has 6 heteroatoms. The molecule has 1 heterocycles. The van der Waals surface area contributed by atoms with Crippen LogP contribution in [0.3, 0.4) is 0 Å². The highest BCUT2D eigenvalue weighted by molar-refractivity contribution is 5.76. The number of hydrogen-bond acceptors (Lipinski definition) is 6. The highest BCUT2D eigenvalue weighted by atomic mass is 16.1. The van der Waals surface area contributed by atoms with Gasteiger partial charge in [0.25, 0.3) is 0 Å². The molecule has 0 atom stereocenters. The van der Waals surface area contributed by atoms with E-state index in [1.54, 1.807) is 6.92 Å². The van der Waals surface area contributed by atoms with Crippen LogP contribution in [-0.2, 0) is 4.79 Å². The summed E-state index contributed by atoms with van der Waals surface area (Å²) in [6, 6.07) is 1.90. The number of anilines is 2. The third-order valence-electron chi connectivity index (χ3n) is 2.71. The zero-order valence-corrected chi connectivity index (χ0v) is 12.2. The van der Waals surface area contributed by atoms with E-state index < -0.39 is 0 Å². The van der Waals surface area contributed by atoms with E-state index in [9.17, 15) is 4.79 Å². The van der Waals surface area contributed by atoms with Crippen LogP contribution < -0.4 is 10.2 Å². The average molecular weight is 265 g/mol. The van der Waals surface area contributed by atoms with Gasteiger partial charge in [0.15, 0.2) is 0 Å². The first kappa shape index (κ1) is 15.4. The number of carbonyl (C=O) groups is 1. The average Bonchev–Trinajstić information content (AvgIpc) is 2.36. The molecule has 0 radical (unpaired) electrons. The maximum absolute atomic E-state index is 11.0. The quantitative estimate of drug-likeness (QED) is 0.752. The van der Waals surface area contributed by atoms with E-state index >= 15 is 0 Å². The van der Waals surface area contributed by atoms with Gasteiger partial charge in [-0.3, -0.25) is 4.79 Å². The van der Waals surface area contributed by atoms with E-state index in [1.165, 1.54) is 6.33 Å². The van der Waals surface area contributed by atoms with Gasteiger partial charge in [-0.25, -0.2) is 9.97 Å². The molecule has 0 aliphatic heterocycles. The molecule has 6 nitrogen and oxygen atoms in total. The van der Waals surface area contributed by atoms with Gasteiger partial charge in [0.2, 0.25) is 0 Å².